The van der Waals surface area contributed by atoms with E-state index >= 15 is 0 Å². The molecule has 74 valence electrons. The molecule has 0 aromatic carbocycles. The first-order valence-electron chi connectivity index (χ1n) is 5.27. The van der Waals surface area contributed by atoms with E-state index in [1.54, 1.807) is 0 Å². The highest BCUT2D eigenvalue weighted by molar-refractivity contribution is 6.77. The Hall–Kier alpha value is -0.343. The molecule has 0 heterocycles. The predicted molar refractivity (Wildman–Crippen MR) is 62.4 cm³/mol. The van der Waals surface area contributed by atoms with Gasteiger partial charge in [-0.05, 0) is 13.0 Å². The second-order valence-corrected chi connectivity index (χ2v) is 8.76. The van der Waals surface area contributed by atoms with E-state index in [2.05, 4.69) is 49.3 Å². The molecule has 0 unspecified atom stereocenters. The van der Waals surface area contributed by atoms with Gasteiger partial charge in [0.15, 0.2) is 0 Å². The van der Waals surface area contributed by atoms with Gasteiger partial charge >= 0.3 is 0 Å². The van der Waals surface area contributed by atoms with Crippen LogP contribution in [0.2, 0.25) is 18.6 Å². The number of rotatable bonds is 5. The lowest BCUT2D eigenvalue weighted by Gasteiger charge is -2.28. The topological polar surface area (TPSA) is 12.0 Å². The Morgan fingerprint density at radius 2 is 1.85 bits per heavy atom. The molecule has 0 radical (unpaired) electrons. The van der Waals surface area contributed by atoms with Crippen molar-refractivity contribution in [3.8, 4) is 0 Å². The van der Waals surface area contributed by atoms with Gasteiger partial charge in [0.05, 0.1) is 0 Å². The molecular formula is C11H21NSi. The van der Waals surface area contributed by atoms with Crippen LogP contribution in [0.25, 0.3) is 0 Å². The third-order valence-electron chi connectivity index (χ3n) is 2.69. The summed E-state index contributed by atoms with van der Waals surface area (Å²) in [5.41, 5.74) is 0.698. The van der Waals surface area contributed by atoms with E-state index in [-0.39, 0.29) is 0 Å². The first-order chi connectivity index (χ1) is 6.17. The van der Waals surface area contributed by atoms with E-state index < -0.39 is 8.24 Å². The van der Waals surface area contributed by atoms with Gasteiger partial charge in [-0.1, -0.05) is 50.7 Å². The van der Waals surface area contributed by atoms with E-state index in [9.17, 15) is 0 Å². The highest BCUT2D eigenvalue weighted by Gasteiger charge is 2.28. The molecule has 1 rings (SSSR count). The summed E-state index contributed by atoms with van der Waals surface area (Å²) in [7, 11) is -1.23. The van der Waals surface area contributed by atoms with Crippen LogP contribution in [0.4, 0.5) is 0 Å². The third-order valence-corrected chi connectivity index (χ3v) is 5.91. The predicted octanol–water partition coefficient (Wildman–Crippen LogP) is 3.08. The second-order valence-electron chi connectivity index (χ2n) is 4.30. The SMILES string of the molecule is CCCCN[Si](C)(C)C1C=CC=C1. The average Bonchev–Trinajstić information content (AvgIpc) is 2.56. The molecule has 1 nitrogen and oxygen atoms in total. The van der Waals surface area contributed by atoms with Gasteiger partial charge < -0.3 is 4.98 Å². The van der Waals surface area contributed by atoms with Crippen LogP contribution in [0, 0.1) is 0 Å². The van der Waals surface area contributed by atoms with Crippen LogP contribution < -0.4 is 4.98 Å². The van der Waals surface area contributed by atoms with Crippen LogP contribution in [0.1, 0.15) is 19.8 Å². The molecule has 0 aromatic rings. The van der Waals surface area contributed by atoms with Crippen LogP contribution in [0.15, 0.2) is 24.3 Å². The van der Waals surface area contributed by atoms with E-state index in [1.165, 1.54) is 19.4 Å². The van der Waals surface area contributed by atoms with Gasteiger partial charge in [-0.3, -0.25) is 0 Å². The Bertz CT molecular complexity index is 194. The third kappa shape index (κ3) is 3.12. The Kier molecular flexibility index (Phi) is 3.94. The fraction of sp³-hybridized carbons (Fsp3) is 0.636. The van der Waals surface area contributed by atoms with Crippen molar-refractivity contribution in [3.63, 3.8) is 0 Å². The van der Waals surface area contributed by atoms with Crippen LogP contribution in [-0.4, -0.2) is 14.8 Å². The standard InChI is InChI=1S/C11H21NSi/c1-4-5-10-12-13(2,3)11-8-6-7-9-11/h6-9,11-12H,4-5,10H2,1-3H3. The summed E-state index contributed by atoms with van der Waals surface area (Å²) in [4.78, 5) is 3.74. The first-order valence-corrected chi connectivity index (χ1v) is 8.34. The largest absolute Gasteiger partial charge is 0.337 e. The molecule has 0 aliphatic heterocycles. The molecule has 0 saturated carbocycles. The maximum absolute atomic E-state index is 3.74. The molecule has 1 N–H and O–H groups in total. The van der Waals surface area contributed by atoms with Gasteiger partial charge in [0, 0.05) is 5.54 Å². The van der Waals surface area contributed by atoms with Gasteiger partial charge in [-0.25, -0.2) is 0 Å². The van der Waals surface area contributed by atoms with Crippen molar-refractivity contribution >= 4 is 8.24 Å². The van der Waals surface area contributed by atoms with Crippen molar-refractivity contribution < 1.29 is 0 Å². The van der Waals surface area contributed by atoms with E-state index in [0.29, 0.717) is 5.54 Å². The Morgan fingerprint density at radius 1 is 1.23 bits per heavy atom. The normalized spacial score (nSPS) is 17.2. The molecule has 1 aliphatic rings. The maximum atomic E-state index is 3.74. The van der Waals surface area contributed by atoms with Crippen molar-refractivity contribution in [2.45, 2.75) is 38.4 Å². The monoisotopic (exact) mass is 195 g/mol. The van der Waals surface area contributed by atoms with Crippen molar-refractivity contribution in [3.05, 3.63) is 24.3 Å². The Balaban J connectivity index is 2.36. The molecular weight excluding hydrogens is 174 g/mol. The highest BCUT2D eigenvalue weighted by atomic mass is 28.3. The molecule has 0 atom stereocenters. The van der Waals surface area contributed by atoms with Gasteiger partial charge in [-0.15, -0.1) is 0 Å². The van der Waals surface area contributed by atoms with Gasteiger partial charge in [0.1, 0.15) is 8.24 Å². The van der Waals surface area contributed by atoms with Crippen LogP contribution >= 0.6 is 0 Å². The molecule has 0 spiro atoms. The Morgan fingerprint density at radius 3 is 2.38 bits per heavy atom. The first kappa shape index (κ1) is 10.7. The highest BCUT2D eigenvalue weighted by Crippen LogP contribution is 2.26. The van der Waals surface area contributed by atoms with Gasteiger partial charge in [0.2, 0.25) is 0 Å². The van der Waals surface area contributed by atoms with Crippen LogP contribution in [0.5, 0.6) is 0 Å². The average molecular weight is 195 g/mol. The van der Waals surface area contributed by atoms with Crippen molar-refractivity contribution in [1.82, 2.24) is 4.98 Å². The summed E-state index contributed by atoms with van der Waals surface area (Å²) in [6.07, 6.45) is 11.6. The lowest BCUT2D eigenvalue weighted by Crippen LogP contribution is -2.48. The van der Waals surface area contributed by atoms with E-state index in [4.69, 9.17) is 0 Å². The maximum Gasteiger partial charge on any atom is 0.130 e. The van der Waals surface area contributed by atoms with E-state index in [1.807, 2.05) is 0 Å². The zero-order chi connectivity index (χ0) is 9.73. The fourth-order valence-electron chi connectivity index (χ4n) is 1.62. The minimum absolute atomic E-state index is 0.698. The molecule has 2 heteroatoms. The summed E-state index contributed by atoms with van der Waals surface area (Å²) >= 11 is 0. The van der Waals surface area contributed by atoms with Crippen molar-refractivity contribution in [2.75, 3.05) is 6.54 Å². The molecule has 0 amide bonds. The zero-order valence-electron chi connectivity index (χ0n) is 9.01. The lowest BCUT2D eigenvalue weighted by atomic mass is 10.3. The quantitative estimate of drug-likeness (QED) is 0.525. The van der Waals surface area contributed by atoms with Crippen LogP contribution in [0.3, 0.4) is 0 Å². The summed E-state index contributed by atoms with van der Waals surface area (Å²) in [6.45, 7) is 8.25. The molecule has 0 bridgehead atoms. The smallest absolute Gasteiger partial charge is 0.130 e. The van der Waals surface area contributed by atoms with Crippen molar-refractivity contribution in [1.29, 1.82) is 0 Å². The number of hydrogen-bond acceptors (Lipinski definition) is 1. The number of unbranched alkanes of at least 4 members (excludes halogenated alkanes) is 1. The number of hydrogen-bond donors (Lipinski definition) is 1. The molecule has 1 aliphatic carbocycles. The van der Waals surface area contributed by atoms with Crippen molar-refractivity contribution in [2.24, 2.45) is 0 Å². The van der Waals surface area contributed by atoms with Gasteiger partial charge in [-0.2, -0.15) is 0 Å². The summed E-state index contributed by atoms with van der Waals surface area (Å²) in [6, 6.07) is 0. The second kappa shape index (κ2) is 4.77. The fourth-order valence-corrected chi connectivity index (χ4v) is 3.86. The lowest BCUT2D eigenvalue weighted by molar-refractivity contribution is 0.750. The number of nitrogens with one attached hydrogen (secondary N) is 1. The summed E-state index contributed by atoms with van der Waals surface area (Å²) in [5, 5.41) is 0. The minimum atomic E-state index is -1.23. The number of allylic oxidation sites excluding steroid dienone is 4. The molecule has 0 fully saturated rings. The molecule has 0 saturated heterocycles. The Labute approximate surface area is 83.0 Å². The zero-order valence-corrected chi connectivity index (χ0v) is 10.0. The minimum Gasteiger partial charge on any atom is -0.337 e. The summed E-state index contributed by atoms with van der Waals surface area (Å²) in [5.74, 6) is 0. The molecule has 0 aromatic heterocycles. The van der Waals surface area contributed by atoms with E-state index in [0.717, 1.165) is 0 Å². The molecule has 13 heavy (non-hydrogen) atoms. The van der Waals surface area contributed by atoms with Crippen LogP contribution in [-0.2, 0) is 0 Å². The van der Waals surface area contributed by atoms with Gasteiger partial charge in [0.25, 0.3) is 0 Å². The summed E-state index contributed by atoms with van der Waals surface area (Å²) < 4.78 is 0.